The van der Waals surface area contributed by atoms with Crippen LogP contribution in [-0.2, 0) is 17.8 Å². The van der Waals surface area contributed by atoms with E-state index in [0.29, 0.717) is 6.54 Å². The maximum absolute atomic E-state index is 9.12. The highest BCUT2D eigenvalue weighted by Gasteiger charge is 2.32. The molecule has 0 aromatic carbocycles. The Bertz CT molecular complexity index is 531. The molecule has 1 aliphatic rings. The summed E-state index contributed by atoms with van der Waals surface area (Å²) in [6, 6.07) is 0. The lowest BCUT2D eigenvalue weighted by atomic mass is 10.00. The second-order valence-corrected chi connectivity index (χ2v) is 7.67. The first-order valence-electron chi connectivity index (χ1n) is 8.99. The van der Waals surface area contributed by atoms with E-state index in [1.54, 1.807) is 0 Å². The number of hydrogen-bond acceptors (Lipinski definition) is 5. The van der Waals surface area contributed by atoms with E-state index in [9.17, 15) is 0 Å². The van der Waals surface area contributed by atoms with Crippen molar-refractivity contribution in [3.8, 4) is 0 Å². The van der Waals surface area contributed by atoms with Gasteiger partial charge in [0.05, 0.1) is 31.1 Å². The Labute approximate surface area is 146 Å². The van der Waals surface area contributed by atoms with Crippen molar-refractivity contribution in [2.75, 3.05) is 26.2 Å². The second kappa shape index (κ2) is 7.95. The van der Waals surface area contributed by atoms with Crippen LogP contribution < -0.4 is 5.32 Å². The number of nitrogens with one attached hydrogen (secondary N) is 1. The minimum Gasteiger partial charge on any atom is -0.394 e. The molecule has 0 saturated carbocycles. The molecule has 1 aliphatic heterocycles. The highest BCUT2D eigenvalue weighted by Crippen LogP contribution is 2.21. The van der Waals surface area contributed by atoms with E-state index in [-0.39, 0.29) is 24.4 Å². The van der Waals surface area contributed by atoms with Gasteiger partial charge in [-0.25, -0.2) is 0 Å². The quantitative estimate of drug-likeness (QED) is 0.788. The normalized spacial score (nSPS) is 23.0. The van der Waals surface area contributed by atoms with Crippen LogP contribution in [0.4, 0.5) is 0 Å². The fourth-order valence-corrected chi connectivity index (χ4v) is 3.58. The largest absolute Gasteiger partial charge is 0.394 e. The van der Waals surface area contributed by atoms with Crippen molar-refractivity contribution in [2.24, 2.45) is 0 Å². The van der Waals surface area contributed by atoms with Gasteiger partial charge in [0.15, 0.2) is 0 Å². The highest BCUT2D eigenvalue weighted by atomic mass is 16.5. The Morgan fingerprint density at radius 2 is 1.88 bits per heavy atom. The lowest BCUT2D eigenvalue weighted by Gasteiger charge is -2.45. The molecular weight excluding hydrogens is 304 g/mol. The first kappa shape index (κ1) is 19.4. The second-order valence-electron chi connectivity index (χ2n) is 7.67. The average Bonchev–Trinajstić information content (AvgIpc) is 2.74. The summed E-state index contributed by atoms with van der Waals surface area (Å²) in [5, 5.41) is 17.2. The number of aliphatic hydroxyl groups excluding tert-OH is 1. The monoisotopic (exact) mass is 338 g/mol. The van der Waals surface area contributed by atoms with Gasteiger partial charge in [-0.2, -0.15) is 5.10 Å². The standard InChI is InChI=1S/C18H34N4O2/c1-13-10-21(11-14(2)24-13)18(5,6)12-19-9-17-15(3)20-22(7-8-23)16(17)4/h13-14,19,23H,7-12H2,1-6H3/t13-,14-/m0/s1. The van der Waals surface area contributed by atoms with E-state index < -0.39 is 0 Å². The van der Waals surface area contributed by atoms with Crippen molar-refractivity contribution in [3.63, 3.8) is 0 Å². The molecule has 6 nitrogen and oxygen atoms in total. The van der Waals surface area contributed by atoms with E-state index in [2.05, 4.69) is 49.9 Å². The fraction of sp³-hybridized carbons (Fsp3) is 0.833. The van der Waals surface area contributed by atoms with Crippen molar-refractivity contribution in [1.82, 2.24) is 20.0 Å². The van der Waals surface area contributed by atoms with Crippen LogP contribution in [0.15, 0.2) is 0 Å². The molecule has 2 atom stereocenters. The molecule has 0 bridgehead atoms. The van der Waals surface area contributed by atoms with Gasteiger partial charge in [-0.15, -0.1) is 0 Å². The van der Waals surface area contributed by atoms with E-state index in [1.165, 1.54) is 5.56 Å². The Balaban J connectivity index is 1.93. The van der Waals surface area contributed by atoms with Gasteiger partial charge < -0.3 is 15.2 Å². The van der Waals surface area contributed by atoms with Crippen LogP contribution in [0.5, 0.6) is 0 Å². The van der Waals surface area contributed by atoms with Gasteiger partial charge in [0.2, 0.25) is 0 Å². The van der Waals surface area contributed by atoms with Gasteiger partial charge in [0.1, 0.15) is 0 Å². The number of morpholine rings is 1. The van der Waals surface area contributed by atoms with Crippen molar-refractivity contribution in [3.05, 3.63) is 17.0 Å². The van der Waals surface area contributed by atoms with Crippen molar-refractivity contribution in [2.45, 2.75) is 72.4 Å². The van der Waals surface area contributed by atoms with Gasteiger partial charge in [0, 0.05) is 43.0 Å². The summed E-state index contributed by atoms with van der Waals surface area (Å²) in [6.45, 7) is 17.3. The number of ether oxygens (including phenoxy) is 1. The first-order valence-corrected chi connectivity index (χ1v) is 8.99. The lowest BCUT2D eigenvalue weighted by molar-refractivity contribution is -0.0952. The molecule has 1 aromatic rings. The van der Waals surface area contributed by atoms with Crippen molar-refractivity contribution in [1.29, 1.82) is 0 Å². The Morgan fingerprint density at radius 3 is 2.46 bits per heavy atom. The van der Waals surface area contributed by atoms with E-state index >= 15 is 0 Å². The van der Waals surface area contributed by atoms with Crippen molar-refractivity contribution >= 4 is 0 Å². The van der Waals surface area contributed by atoms with Gasteiger partial charge in [-0.05, 0) is 41.5 Å². The lowest BCUT2D eigenvalue weighted by Crippen LogP contribution is -2.58. The van der Waals surface area contributed by atoms with Crippen LogP contribution in [0.3, 0.4) is 0 Å². The van der Waals surface area contributed by atoms with Crippen LogP contribution in [0.2, 0.25) is 0 Å². The number of rotatable bonds is 7. The third-order valence-electron chi connectivity index (χ3n) is 4.98. The minimum atomic E-state index is 0.0786. The van der Waals surface area contributed by atoms with Crippen LogP contribution in [0, 0.1) is 13.8 Å². The smallest absolute Gasteiger partial charge is 0.0678 e. The zero-order valence-electron chi connectivity index (χ0n) is 16.1. The number of aliphatic hydroxyl groups is 1. The van der Waals surface area contributed by atoms with Crippen LogP contribution in [0.25, 0.3) is 0 Å². The number of aromatic nitrogens is 2. The Hall–Kier alpha value is -0.950. The molecule has 2 rings (SSSR count). The van der Waals surface area contributed by atoms with Gasteiger partial charge in [-0.1, -0.05) is 0 Å². The summed E-state index contributed by atoms with van der Waals surface area (Å²) < 4.78 is 7.74. The third-order valence-corrected chi connectivity index (χ3v) is 4.98. The molecule has 2 N–H and O–H groups in total. The summed E-state index contributed by atoms with van der Waals surface area (Å²) in [5.74, 6) is 0. The topological polar surface area (TPSA) is 62.5 Å². The maximum Gasteiger partial charge on any atom is 0.0678 e. The van der Waals surface area contributed by atoms with Gasteiger partial charge >= 0.3 is 0 Å². The van der Waals surface area contributed by atoms with E-state index in [4.69, 9.17) is 9.84 Å². The minimum absolute atomic E-state index is 0.0786. The zero-order chi connectivity index (χ0) is 17.9. The van der Waals surface area contributed by atoms with Gasteiger partial charge in [0.25, 0.3) is 0 Å². The van der Waals surface area contributed by atoms with Gasteiger partial charge in [-0.3, -0.25) is 9.58 Å². The zero-order valence-corrected chi connectivity index (χ0v) is 16.1. The SMILES string of the molecule is Cc1nn(CCO)c(C)c1CNCC(C)(C)N1C[C@H](C)O[C@@H](C)C1. The molecule has 2 heterocycles. The molecule has 0 aliphatic carbocycles. The summed E-state index contributed by atoms with van der Waals surface area (Å²) in [7, 11) is 0. The predicted molar refractivity (Wildman–Crippen MR) is 96.2 cm³/mol. The molecule has 1 fully saturated rings. The first-order chi connectivity index (χ1) is 11.2. The molecule has 0 spiro atoms. The Morgan fingerprint density at radius 1 is 1.25 bits per heavy atom. The van der Waals surface area contributed by atoms with Crippen LogP contribution in [0.1, 0.15) is 44.6 Å². The highest BCUT2D eigenvalue weighted by molar-refractivity contribution is 5.24. The number of nitrogens with zero attached hydrogens (tertiary/aromatic N) is 3. The molecular formula is C18H34N4O2. The fourth-order valence-electron chi connectivity index (χ4n) is 3.58. The molecule has 138 valence electrons. The summed E-state index contributed by atoms with van der Waals surface area (Å²) in [5.41, 5.74) is 3.50. The summed E-state index contributed by atoms with van der Waals surface area (Å²) in [6.07, 6.45) is 0.573. The number of hydrogen-bond donors (Lipinski definition) is 2. The van der Waals surface area contributed by atoms with Crippen LogP contribution in [-0.4, -0.2) is 63.8 Å². The molecule has 0 unspecified atom stereocenters. The maximum atomic E-state index is 9.12. The predicted octanol–water partition coefficient (Wildman–Crippen LogP) is 1.47. The number of aryl methyl sites for hydroxylation is 1. The molecule has 6 heteroatoms. The molecule has 0 radical (unpaired) electrons. The van der Waals surface area contributed by atoms with E-state index in [0.717, 1.165) is 37.6 Å². The average molecular weight is 338 g/mol. The summed E-state index contributed by atoms with van der Waals surface area (Å²) >= 11 is 0. The van der Waals surface area contributed by atoms with E-state index in [1.807, 2.05) is 11.6 Å². The molecule has 0 amide bonds. The van der Waals surface area contributed by atoms with Crippen LogP contribution >= 0.6 is 0 Å². The Kier molecular flexibility index (Phi) is 6.42. The van der Waals surface area contributed by atoms with Crippen molar-refractivity contribution < 1.29 is 9.84 Å². The third kappa shape index (κ3) is 4.57. The molecule has 24 heavy (non-hydrogen) atoms. The molecule has 1 saturated heterocycles. The molecule has 1 aromatic heterocycles. The summed E-state index contributed by atoms with van der Waals surface area (Å²) in [4.78, 5) is 2.52.